The van der Waals surface area contributed by atoms with E-state index < -0.39 is 9.13 Å². The Labute approximate surface area is 81.6 Å². The molecule has 0 aliphatic rings. The van der Waals surface area contributed by atoms with E-state index in [0.29, 0.717) is 6.04 Å². The van der Waals surface area contributed by atoms with Crippen molar-refractivity contribution < 1.29 is 4.11 Å². The molecule has 0 spiro atoms. The van der Waals surface area contributed by atoms with Crippen molar-refractivity contribution in [2.24, 2.45) is 0 Å². The lowest BCUT2D eigenvalue weighted by Crippen LogP contribution is -2.09. The number of unbranched alkanes of at least 4 members (excludes halogenated alkanes) is 1. The fraction of sp³-hybridized carbons (Fsp3) is 0.455. The minimum Gasteiger partial charge on any atom is -0.318 e. The van der Waals surface area contributed by atoms with Gasteiger partial charge in [-0.05, 0) is 17.7 Å². The highest BCUT2D eigenvalue weighted by Crippen LogP contribution is 2.09. The molecule has 1 aromatic carbocycles. The standard InChI is InChI=1S/C11H17FSi/c1-2-3-9-13(12)10-11-7-5-4-6-8-11/h4-8,13H,2-3,9-10H2,1H3. The van der Waals surface area contributed by atoms with Crippen LogP contribution in [0.4, 0.5) is 4.11 Å². The van der Waals surface area contributed by atoms with E-state index >= 15 is 0 Å². The highest BCUT2D eigenvalue weighted by molar-refractivity contribution is 6.50. The van der Waals surface area contributed by atoms with E-state index in [1.54, 1.807) is 0 Å². The third-order valence-corrected chi connectivity index (χ3v) is 4.12. The van der Waals surface area contributed by atoms with Crippen molar-refractivity contribution in [3.8, 4) is 0 Å². The molecule has 0 aliphatic heterocycles. The summed E-state index contributed by atoms with van der Waals surface area (Å²) in [7, 11) is -1.95. The number of halogens is 1. The van der Waals surface area contributed by atoms with Crippen LogP contribution in [0.5, 0.6) is 0 Å². The zero-order valence-electron chi connectivity index (χ0n) is 8.17. The highest BCUT2D eigenvalue weighted by atomic mass is 28.3. The second-order valence-corrected chi connectivity index (χ2v) is 5.61. The van der Waals surface area contributed by atoms with E-state index in [1.807, 2.05) is 30.3 Å². The van der Waals surface area contributed by atoms with E-state index in [0.717, 1.165) is 24.4 Å². The van der Waals surface area contributed by atoms with Gasteiger partial charge >= 0.3 is 0 Å². The summed E-state index contributed by atoms with van der Waals surface area (Å²) in [6, 6.07) is 11.5. The van der Waals surface area contributed by atoms with Gasteiger partial charge < -0.3 is 4.11 Å². The molecule has 72 valence electrons. The maximum absolute atomic E-state index is 13.4. The lowest BCUT2D eigenvalue weighted by Gasteiger charge is -2.04. The molecule has 0 saturated carbocycles. The average molecular weight is 196 g/mol. The molecule has 0 aromatic heterocycles. The molecule has 1 aromatic rings. The van der Waals surface area contributed by atoms with Crippen LogP contribution in [0.3, 0.4) is 0 Å². The predicted octanol–water partition coefficient (Wildman–Crippen LogP) is 3.26. The van der Waals surface area contributed by atoms with Crippen LogP contribution in [0.1, 0.15) is 25.3 Å². The van der Waals surface area contributed by atoms with Gasteiger partial charge in [0.15, 0.2) is 0 Å². The van der Waals surface area contributed by atoms with Crippen LogP contribution in [0.2, 0.25) is 6.04 Å². The Morgan fingerprint density at radius 3 is 2.54 bits per heavy atom. The smallest absolute Gasteiger partial charge is 0.236 e. The predicted molar refractivity (Wildman–Crippen MR) is 58.1 cm³/mol. The second-order valence-electron chi connectivity index (χ2n) is 3.43. The first-order valence-electron chi connectivity index (χ1n) is 5.01. The molecule has 1 unspecified atom stereocenters. The van der Waals surface area contributed by atoms with Crippen molar-refractivity contribution >= 4 is 9.13 Å². The minimum atomic E-state index is -1.95. The lowest BCUT2D eigenvalue weighted by molar-refractivity contribution is 0.766. The molecule has 0 aliphatic carbocycles. The van der Waals surface area contributed by atoms with Crippen molar-refractivity contribution in [1.29, 1.82) is 0 Å². The van der Waals surface area contributed by atoms with Crippen LogP contribution in [-0.2, 0) is 6.04 Å². The van der Waals surface area contributed by atoms with E-state index in [1.165, 1.54) is 0 Å². The molecule has 0 saturated heterocycles. The second kappa shape index (κ2) is 5.92. The van der Waals surface area contributed by atoms with Gasteiger partial charge in [-0.25, -0.2) is 0 Å². The number of benzene rings is 1. The van der Waals surface area contributed by atoms with Gasteiger partial charge in [0.1, 0.15) is 0 Å². The number of rotatable bonds is 5. The summed E-state index contributed by atoms with van der Waals surface area (Å²) in [5.74, 6) is 0. The minimum absolute atomic E-state index is 0.709. The summed E-state index contributed by atoms with van der Waals surface area (Å²) in [6.07, 6.45) is 2.17. The van der Waals surface area contributed by atoms with Gasteiger partial charge in [0.2, 0.25) is 9.13 Å². The molecule has 0 nitrogen and oxygen atoms in total. The molecule has 0 heterocycles. The Morgan fingerprint density at radius 1 is 1.23 bits per heavy atom. The summed E-state index contributed by atoms with van der Waals surface area (Å²) >= 11 is 0. The SMILES string of the molecule is CCCC[SiH](F)Cc1ccccc1. The summed E-state index contributed by atoms with van der Waals surface area (Å²) in [5, 5.41) is 0. The largest absolute Gasteiger partial charge is 0.318 e. The van der Waals surface area contributed by atoms with Crippen molar-refractivity contribution in [3.05, 3.63) is 35.9 Å². The average Bonchev–Trinajstić information content (AvgIpc) is 2.16. The van der Waals surface area contributed by atoms with Gasteiger partial charge in [-0.1, -0.05) is 50.1 Å². The Kier molecular flexibility index (Phi) is 4.76. The maximum atomic E-state index is 13.4. The zero-order chi connectivity index (χ0) is 9.52. The molecule has 1 rings (SSSR count). The molecular weight excluding hydrogens is 179 g/mol. The van der Waals surface area contributed by atoms with Gasteiger partial charge in [0.05, 0.1) is 0 Å². The quantitative estimate of drug-likeness (QED) is 0.501. The Balaban J connectivity index is 2.32. The molecule has 0 amide bonds. The van der Waals surface area contributed by atoms with Crippen LogP contribution in [0.15, 0.2) is 30.3 Å². The normalized spacial score (nSPS) is 12.8. The zero-order valence-corrected chi connectivity index (χ0v) is 9.33. The lowest BCUT2D eigenvalue weighted by atomic mass is 10.2. The first-order valence-corrected chi connectivity index (χ1v) is 7.08. The molecule has 0 radical (unpaired) electrons. The van der Waals surface area contributed by atoms with Gasteiger partial charge in [0, 0.05) is 0 Å². The number of hydrogen-bond acceptors (Lipinski definition) is 0. The Hall–Kier alpha value is -0.633. The summed E-state index contributed by atoms with van der Waals surface area (Å²) in [6.45, 7) is 2.11. The molecule has 13 heavy (non-hydrogen) atoms. The van der Waals surface area contributed by atoms with Crippen molar-refractivity contribution in [2.45, 2.75) is 31.9 Å². The fourth-order valence-corrected chi connectivity index (χ4v) is 3.24. The van der Waals surface area contributed by atoms with Crippen LogP contribution in [0, 0.1) is 0 Å². The van der Waals surface area contributed by atoms with Gasteiger partial charge in [0.25, 0.3) is 0 Å². The molecule has 0 N–H and O–H groups in total. The van der Waals surface area contributed by atoms with Crippen molar-refractivity contribution in [3.63, 3.8) is 0 Å². The summed E-state index contributed by atoms with van der Waals surface area (Å²) in [4.78, 5) is 0. The highest BCUT2D eigenvalue weighted by Gasteiger charge is 2.09. The summed E-state index contributed by atoms with van der Waals surface area (Å²) < 4.78 is 13.4. The van der Waals surface area contributed by atoms with Crippen molar-refractivity contribution in [2.75, 3.05) is 0 Å². The van der Waals surface area contributed by atoms with Gasteiger partial charge in [-0.15, -0.1) is 0 Å². The van der Waals surface area contributed by atoms with Crippen LogP contribution in [-0.4, -0.2) is 9.13 Å². The molecular formula is C11H17FSi. The first-order chi connectivity index (χ1) is 6.33. The van der Waals surface area contributed by atoms with Crippen molar-refractivity contribution in [1.82, 2.24) is 0 Å². The van der Waals surface area contributed by atoms with Crippen LogP contribution in [0.25, 0.3) is 0 Å². The summed E-state index contributed by atoms with van der Waals surface area (Å²) in [5.41, 5.74) is 1.16. The van der Waals surface area contributed by atoms with Gasteiger partial charge in [-0.3, -0.25) is 0 Å². The number of hydrogen-bond donors (Lipinski definition) is 0. The molecule has 0 bridgehead atoms. The topological polar surface area (TPSA) is 0 Å². The third kappa shape index (κ3) is 4.22. The molecule has 0 fully saturated rings. The van der Waals surface area contributed by atoms with E-state index in [2.05, 4.69) is 6.92 Å². The maximum Gasteiger partial charge on any atom is 0.236 e. The Morgan fingerprint density at radius 2 is 1.92 bits per heavy atom. The van der Waals surface area contributed by atoms with Crippen LogP contribution < -0.4 is 0 Å². The third-order valence-electron chi connectivity index (χ3n) is 2.17. The molecule has 1 atom stereocenters. The molecule has 2 heteroatoms. The van der Waals surface area contributed by atoms with E-state index in [9.17, 15) is 4.11 Å². The fourth-order valence-electron chi connectivity index (χ4n) is 1.40. The van der Waals surface area contributed by atoms with E-state index in [-0.39, 0.29) is 0 Å². The van der Waals surface area contributed by atoms with Gasteiger partial charge in [-0.2, -0.15) is 0 Å². The monoisotopic (exact) mass is 196 g/mol. The van der Waals surface area contributed by atoms with E-state index in [4.69, 9.17) is 0 Å². The first kappa shape index (κ1) is 10.4. The Bertz CT molecular complexity index is 223. The van der Waals surface area contributed by atoms with Crippen LogP contribution >= 0.6 is 0 Å².